The number of ketones is 1. The van der Waals surface area contributed by atoms with Crippen molar-refractivity contribution in [3.63, 3.8) is 0 Å². The van der Waals surface area contributed by atoms with Crippen LogP contribution in [0.3, 0.4) is 0 Å². The molecule has 7 heteroatoms. The van der Waals surface area contributed by atoms with E-state index in [0.717, 1.165) is 6.54 Å². The van der Waals surface area contributed by atoms with Crippen LogP contribution >= 0.6 is 11.8 Å². The normalized spacial score (nSPS) is 35.6. The van der Waals surface area contributed by atoms with Crippen LogP contribution in [-0.2, 0) is 9.59 Å². The van der Waals surface area contributed by atoms with Crippen molar-refractivity contribution in [2.75, 3.05) is 13.1 Å². The molecule has 0 radical (unpaired) electrons. The Morgan fingerprint density at radius 3 is 3.20 bits per heavy atom. The Balaban J connectivity index is 1.56. The lowest BCUT2D eigenvalue weighted by Gasteiger charge is -2.27. The summed E-state index contributed by atoms with van der Waals surface area (Å²) >= 11 is 1.45. The highest BCUT2D eigenvalue weighted by atomic mass is 32.2. The highest BCUT2D eigenvalue weighted by Crippen LogP contribution is 2.30. The number of nitrogens with zero attached hydrogens (tertiary/aromatic N) is 2. The Kier molecular flexibility index (Phi) is 3.91. The van der Waals surface area contributed by atoms with E-state index in [-0.39, 0.29) is 42.0 Å². The molecule has 0 aromatic rings. The van der Waals surface area contributed by atoms with Crippen LogP contribution in [0.1, 0.15) is 12.8 Å². The molecule has 0 spiro atoms. The molecule has 4 unspecified atom stereocenters. The van der Waals surface area contributed by atoms with Gasteiger partial charge in [0.1, 0.15) is 5.25 Å². The molecule has 1 amide bonds. The molecule has 1 saturated heterocycles. The molecular weight excluding hydrogens is 278 g/mol. The van der Waals surface area contributed by atoms with Crippen LogP contribution in [0.2, 0.25) is 0 Å². The first-order valence-corrected chi connectivity index (χ1v) is 7.68. The van der Waals surface area contributed by atoms with Gasteiger partial charge in [-0.2, -0.15) is 0 Å². The molecule has 4 atom stereocenters. The topological polar surface area (TPSA) is 82.0 Å². The Morgan fingerprint density at radius 1 is 1.60 bits per heavy atom. The number of rotatable bonds is 4. The molecule has 6 nitrogen and oxygen atoms in total. The molecule has 0 saturated carbocycles. The van der Waals surface area contributed by atoms with Gasteiger partial charge in [0.15, 0.2) is 5.78 Å². The zero-order valence-electron chi connectivity index (χ0n) is 10.9. The van der Waals surface area contributed by atoms with Gasteiger partial charge in [0.05, 0.1) is 25.0 Å². The summed E-state index contributed by atoms with van der Waals surface area (Å²) < 4.78 is 0. The standard InChI is InChI=1S/C13H17N3O3S/c17-8(5-10-11(18)1-3-14-10)6-16-7-15-9-2-4-20-12(9)13(16)19/h2,4,7,9-12,14,18H,1,3,5-6H2. The SMILES string of the molecule is O=C(CC1NCCC1O)CN1C=NC2C=CSC2C1=O. The molecule has 2 N–H and O–H groups in total. The van der Waals surface area contributed by atoms with E-state index in [1.807, 2.05) is 11.5 Å². The van der Waals surface area contributed by atoms with Crippen LogP contribution in [0.5, 0.6) is 0 Å². The van der Waals surface area contributed by atoms with E-state index in [2.05, 4.69) is 10.3 Å². The summed E-state index contributed by atoms with van der Waals surface area (Å²) in [5.41, 5.74) is 0. The number of hydrogen-bond donors (Lipinski definition) is 2. The first kappa shape index (κ1) is 13.8. The predicted octanol–water partition coefficient (Wildman–Crippen LogP) is -0.463. The summed E-state index contributed by atoms with van der Waals surface area (Å²) in [7, 11) is 0. The minimum Gasteiger partial charge on any atom is -0.391 e. The van der Waals surface area contributed by atoms with Gasteiger partial charge in [-0.05, 0) is 18.4 Å². The number of aliphatic hydroxyl groups excluding tert-OH is 1. The van der Waals surface area contributed by atoms with Crippen molar-refractivity contribution in [2.24, 2.45) is 4.99 Å². The molecule has 3 rings (SSSR count). The summed E-state index contributed by atoms with van der Waals surface area (Å²) in [6.07, 6.45) is 3.83. The van der Waals surface area contributed by atoms with E-state index in [1.54, 1.807) is 0 Å². The van der Waals surface area contributed by atoms with Gasteiger partial charge in [0.2, 0.25) is 5.91 Å². The van der Waals surface area contributed by atoms with Gasteiger partial charge >= 0.3 is 0 Å². The van der Waals surface area contributed by atoms with Gasteiger partial charge in [0.25, 0.3) is 0 Å². The summed E-state index contributed by atoms with van der Waals surface area (Å²) in [5.74, 6) is -0.120. The third kappa shape index (κ3) is 2.65. The van der Waals surface area contributed by atoms with Crippen molar-refractivity contribution >= 4 is 29.8 Å². The fourth-order valence-corrected chi connectivity index (χ4v) is 3.68. The highest BCUT2D eigenvalue weighted by Gasteiger charge is 2.37. The summed E-state index contributed by atoms with van der Waals surface area (Å²) in [6.45, 7) is 0.770. The van der Waals surface area contributed by atoms with E-state index in [1.165, 1.54) is 23.0 Å². The number of aliphatic hydroxyl groups is 1. The number of thioether (sulfide) groups is 1. The van der Waals surface area contributed by atoms with Crippen LogP contribution in [-0.4, -0.2) is 64.6 Å². The molecule has 1 fully saturated rings. The van der Waals surface area contributed by atoms with Crippen LogP contribution in [0, 0.1) is 0 Å². The second-order valence-electron chi connectivity index (χ2n) is 5.27. The molecule has 3 aliphatic rings. The fraction of sp³-hybridized carbons (Fsp3) is 0.615. The molecule has 3 aliphatic heterocycles. The first-order valence-electron chi connectivity index (χ1n) is 6.74. The first-order chi connectivity index (χ1) is 9.65. The largest absolute Gasteiger partial charge is 0.391 e. The molecule has 0 aromatic heterocycles. The second kappa shape index (κ2) is 5.67. The second-order valence-corrected chi connectivity index (χ2v) is 6.32. The van der Waals surface area contributed by atoms with Crippen LogP contribution in [0.15, 0.2) is 16.5 Å². The van der Waals surface area contributed by atoms with Gasteiger partial charge in [-0.15, -0.1) is 11.8 Å². The van der Waals surface area contributed by atoms with Gasteiger partial charge in [-0.25, -0.2) is 0 Å². The number of fused-ring (bicyclic) bond motifs is 1. The number of aliphatic imine (C=N–C) groups is 1. The van der Waals surface area contributed by atoms with Gasteiger partial charge in [-0.1, -0.05) is 6.08 Å². The summed E-state index contributed by atoms with van der Waals surface area (Å²) in [4.78, 5) is 29.9. The molecule has 3 heterocycles. The van der Waals surface area contributed by atoms with Gasteiger partial charge in [0, 0.05) is 12.5 Å². The number of carbonyl (C=O) groups is 2. The van der Waals surface area contributed by atoms with E-state index >= 15 is 0 Å². The highest BCUT2D eigenvalue weighted by molar-refractivity contribution is 8.03. The van der Waals surface area contributed by atoms with Crippen LogP contribution < -0.4 is 5.32 Å². The minimum absolute atomic E-state index is 0.0387. The lowest BCUT2D eigenvalue weighted by Crippen LogP contribution is -2.47. The van der Waals surface area contributed by atoms with Crippen LogP contribution in [0.25, 0.3) is 0 Å². The van der Waals surface area contributed by atoms with Gasteiger partial charge < -0.3 is 10.4 Å². The van der Waals surface area contributed by atoms with E-state index in [9.17, 15) is 14.7 Å². The summed E-state index contributed by atoms with van der Waals surface area (Å²) in [6, 6.07) is -0.272. The predicted molar refractivity (Wildman–Crippen MR) is 76.6 cm³/mol. The maximum absolute atomic E-state index is 12.2. The third-order valence-corrected chi connectivity index (χ3v) is 4.91. The summed E-state index contributed by atoms with van der Waals surface area (Å²) in [5, 5.41) is 14.5. The molecule has 0 aliphatic carbocycles. The Hall–Kier alpha value is -1.18. The number of Topliss-reactive ketones (excluding diaryl/α,β-unsaturated/α-hetero) is 1. The van der Waals surface area contributed by atoms with Crippen molar-refractivity contribution in [1.29, 1.82) is 0 Å². The Morgan fingerprint density at radius 2 is 2.45 bits per heavy atom. The number of carbonyl (C=O) groups excluding carboxylic acids is 2. The minimum atomic E-state index is -0.469. The monoisotopic (exact) mass is 295 g/mol. The zero-order valence-corrected chi connectivity index (χ0v) is 11.8. The molecule has 108 valence electrons. The van der Waals surface area contributed by atoms with Crippen molar-refractivity contribution in [3.05, 3.63) is 11.5 Å². The van der Waals surface area contributed by atoms with E-state index < -0.39 is 6.10 Å². The lowest BCUT2D eigenvalue weighted by atomic mass is 10.1. The smallest absolute Gasteiger partial charge is 0.244 e. The molecule has 20 heavy (non-hydrogen) atoms. The lowest BCUT2D eigenvalue weighted by molar-refractivity contribution is -0.131. The maximum Gasteiger partial charge on any atom is 0.244 e. The average Bonchev–Trinajstić information content (AvgIpc) is 3.03. The van der Waals surface area contributed by atoms with Crippen molar-refractivity contribution in [2.45, 2.75) is 36.3 Å². The fourth-order valence-electron chi connectivity index (χ4n) is 2.68. The Bertz CT molecular complexity index is 479. The third-order valence-electron chi connectivity index (χ3n) is 3.82. The Labute approximate surface area is 121 Å². The number of nitrogens with one attached hydrogen (secondary N) is 1. The molecule has 0 aromatic carbocycles. The quantitative estimate of drug-likeness (QED) is 0.733. The number of amides is 1. The van der Waals surface area contributed by atoms with E-state index in [4.69, 9.17) is 0 Å². The number of hydrogen-bond acceptors (Lipinski definition) is 6. The van der Waals surface area contributed by atoms with Crippen molar-refractivity contribution in [3.8, 4) is 0 Å². The average molecular weight is 295 g/mol. The van der Waals surface area contributed by atoms with Crippen LogP contribution in [0.4, 0.5) is 0 Å². The van der Waals surface area contributed by atoms with Crippen molar-refractivity contribution < 1.29 is 14.7 Å². The van der Waals surface area contributed by atoms with Gasteiger partial charge in [-0.3, -0.25) is 19.5 Å². The van der Waals surface area contributed by atoms with Crippen molar-refractivity contribution in [1.82, 2.24) is 10.2 Å². The maximum atomic E-state index is 12.2. The zero-order chi connectivity index (χ0) is 14.1. The molecular formula is C13H17N3O3S. The van der Waals surface area contributed by atoms with E-state index in [0.29, 0.717) is 6.42 Å². The molecule has 0 bridgehead atoms.